The lowest BCUT2D eigenvalue weighted by atomic mass is 10.0. The molecule has 1 aliphatic heterocycles. The Balaban J connectivity index is 2.21. The molecule has 1 aromatic rings. The third-order valence-electron chi connectivity index (χ3n) is 3.76. The van der Waals surface area contributed by atoms with Crippen LogP contribution in [-0.4, -0.2) is 53.6 Å². The van der Waals surface area contributed by atoms with Crippen molar-refractivity contribution in [3.8, 4) is 0 Å². The van der Waals surface area contributed by atoms with E-state index in [2.05, 4.69) is 0 Å². The fourth-order valence-electron chi connectivity index (χ4n) is 2.52. The van der Waals surface area contributed by atoms with Gasteiger partial charge in [0.05, 0.1) is 6.10 Å². The topological polar surface area (TPSA) is 43.8 Å². The van der Waals surface area contributed by atoms with Gasteiger partial charge in [0.1, 0.15) is 6.04 Å². The Morgan fingerprint density at radius 2 is 2.16 bits per heavy atom. The predicted octanol–water partition coefficient (Wildman–Crippen LogP) is 1.27. The third-order valence-corrected chi connectivity index (χ3v) is 3.76. The van der Waals surface area contributed by atoms with Gasteiger partial charge in [0.2, 0.25) is 5.91 Å². The van der Waals surface area contributed by atoms with Crippen molar-refractivity contribution in [1.82, 2.24) is 9.80 Å². The molecular formula is C15H22N2O2. The number of benzene rings is 1. The highest BCUT2D eigenvalue weighted by atomic mass is 16.3. The summed E-state index contributed by atoms with van der Waals surface area (Å²) in [5.74, 6) is 0.0899. The molecule has 1 heterocycles. The molecule has 1 unspecified atom stereocenters. The minimum Gasteiger partial charge on any atom is -0.391 e. The van der Waals surface area contributed by atoms with Gasteiger partial charge in [-0.25, -0.2) is 0 Å². The maximum Gasteiger partial charge on any atom is 0.244 e. The van der Waals surface area contributed by atoms with Gasteiger partial charge in [-0.05, 0) is 25.6 Å². The summed E-state index contributed by atoms with van der Waals surface area (Å²) >= 11 is 0. The summed E-state index contributed by atoms with van der Waals surface area (Å²) in [6, 6.07) is 9.59. The zero-order valence-corrected chi connectivity index (χ0v) is 11.6. The smallest absolute Gasteiger partial charge is 0.244 e. The van der Waals surface area contributed by atoms with Crippen molar-refractivity contribution in [1.29, 1.82) is 0 Å². The number of likely N-dealkylation sites (N-methyl/N-ethyl adjacent to an activating group) is 1. The summed E-state index contributed by atoms with van der Waals surface area (Å²) in [4.78, 5) is 16.5. The molecule has 1 aliphatic rings. The second kappa shape index (κ2) is 6.17. The molecule has 2 rings (SSSR count). The molecular weight excluding hydrogens is 240 g/mol. The van der Waals surface area contributed by atoms with Crippen LogP contribution in [-0.2, 0) is 4.79 Å². The lowest BCUT2D eigenvalue weighted by molar-refractivity contribution is -0.136. The molecule has 1 saturated heterocycles. The molecule has 0 bridgehead atoms. The number of carbonyl (C=O) groups is 1. The number of nitrogens with zero attached hydrogens (tertiary/aromatic N) is 2. The van der Waals surface area contributed by atoms with Gasteiger partial charge in [0.25, 0.3) is 0 Å². The normalized spacial score (nSPS) is 20.8. The van der Waals surface area contributed by atoms with Gasteiger partial charge in [-0.3, -0.25) is 9.69 Å². The number of amides is 1. The van der Waals surface area contributed by atoms with Crippen LogP contribution in [0.2, 0.25) is 0 Å². The summed E-state index contributed by atoms with van der Waals surface area (Å²) in [5.41, 5.74) is 1.01. The Bertz CT molecular complexity index is 421. The van der Waals surface area contributed by atoms with E-state index in [4.69, 9.17) is 0 Å². The van der Waals surface area contributed by atoms with Crippen molar-refractivity contribution in [2.75, 3.05) is 26.7 Å². The number of hydrogen-bond acceptors (Lipinski definition) is 3. The van der Waals surface area contributed by atoms with Gasteiger partial charge in [0.15, 0.2) is 0 Å². The predicted molar refractivity (Wildman–Crippen MR) is 74.7 cm³/mol. The molecule has 1 fully saturated rings. The molecule has 0 aromatic heterocycles. The van der Waals surface area contributed by atoms with E-state index in [9.17, 15) is 9.90 Å². The maximum absolute atomic E-state index is 12.7. The Kier molecular flexibility index (Phi) is 4.56. The average molecular weight is 262 g/mol. The highest BCUT2D eigenvalue weighted by molar-refractivity contribution is 5.83. The molecule has 1 amide bonds. The molecule has 1 aromatic carbocycles. The van der Waals surface area contributed by atoms with Gasteiger partial charge in [-0.2, -0.15) is 0 Å². The van der Waals surface area contributed by atoms with Crippen LogP contribution in [0, 0.1) is 0 Å². The second-order valence-electron chi connectivity index (χ2n) is 5.11. The van der Waals surface area contributed by atoms with Crippen LogP contribution >= 0.6 is 0 Å². The lowest BCUT2D eigenvalue weighted by Crippen LogP contribution is -2.41. The number of rotatable bonds is 4. The Morgan fingerprint density at radius 3 is 2.68 bits per heavy atom. The Morgan fingerprint density at radius 1 is 1.47 bits per heavy atom. The van der Waals surface area contributed by atoms with Crippen LogP contribution in [0.15, 0.2) is 30.3 Å². The fourth-order valence-corrected chi connectivity index (χ4v) is 2.52. The Hall–Kier alpha value is -1.39. The number of aliphatic hydroxyl groups excluding tert-OH is 1. The summed E-state index contributed by atoms with van der Waals surface area (Å²) in [5, 5.41) is 9.59. The highest BCUT2D eigenvalue weighted by Gasteiger charge is 2.32. The zero-order valence-electron chi connectivity index (χ0n) is 11.6. The second-order valence-corrected chi connectivity index (χ2v) is 5.11. The first-order valence-electron chi connectivity index (χ1n) is 6.85. The van der Waals surface area contributed by atoms with Crippen LogP contribution in [0.1, 0.15) is 24.9 Å². The zero-order chi connectivity index (χ0) is 13.8. The molecule has 0 aliphatic carbocycles. The SMILES string of the molecule is CCN(C)C(C(=O)N1CC[C@H](O)C1)c1ccccc1. The van der Waals surface area contributed by atoms with Crippen molar-refractivity contribution < 1.29 is 9.90 Å². The number of aliphatic hydroxyl groups is 1. The highest BCUT2D eigenvalue weighted by Crippen LogP contribution is 2.24. The van der Waals surface area contributed by atoms with Gasteiger partial charge < -0.3 is 10.0 Å². The molecule has 2 atom stereocenters. The minimum absolute atomic E-state index is 0.0899. The van der Waals surface area contributed by atoms with Crippen LogP contribution in [0.5, 0.6) is 0 Å². The molecule has 104 valence electrons. The van der Waals surface area contributed by atoms with Crippen molar-refractivity contribution in [2.24, 2.45) is 0 Å². The van der Waals surface area contributed by atoms with Crippen molar-refractivity contribution in [3.05, 3.63) is 35.9 Å². The number of carbonyl (C=O) groups excluding carboxylic acids is 1. The van der Waals surface area contributed by atoms with Crippen molar-refractivity contribution >= 4 is 5.91 Å². The van der Waals surface area contributed by atoms with E-state index < -0.39 is 0 Å². The summed E-state index contributed by atoms with van der Waals surface area (Å²) in [6.45, 7) is 3.96. The van der Waals surface area contributed by atoms with Gasteiger partial charge in [-0.15, -0.1) is 0 Å². The van der Waals surface area contributed by atoms with E-state index in [0.29, 0.717) is 19.5 Å². The van der Waals surface area contributed by atoms with Crippen LogP contribution in [0.25, 0.3) is 0 Å². The molecule has 1 N–H and O–H groups in total. The van der Waals surface area contributed by atoms with E-state index >= 15 is 0 Å². The molecule has 4 heteroatoms. The van der Waals surface area contributed by atoms with E-state index in [0.717, 1.165) is 12.1 Å². The number of likely N-dealkylation sites (tertiary alicyclic amines) is 1. The monoisotopic (exact) mass is 262 g/mol. The molecule has 4 nitrogen and oxygen atoms in total. The quantitative estimate of drug-likeness (QED) is 0.889. The molecule has 0 radical (unpaired) electrons. The van der Waals surface area contributed by atoms with Crippen molar-refractivity contribution in [3.63, 3.8) is 0 Å². The van der Waals surface area contributed by atoms with Crippen molar-refractivity contribution in [2.45, 2.75) is 25.5 Å². The van der Waals surface area contributed by atoms with E-state index in [1.165, 1.54) is 0 Å². The van der Waals surface area contributed by atoms with E-state index in [-0.39, 0.29) is 18.1 Å². The van der Waals surface area contributed by atoms with Crippen LogP contribution in [0.3, 0.4) is 0 Å². The van der Waals surface area contributed by atoms with Crippen LogP contribution in [0.4, 0.5) is 0 Å². The van der Waals surface area contributed by atoms with Gasteiger partial charge in [-0.1, -0.05) is 37.3 Å². The molecule has 0 saturated carbocycles. The van der Waals surface area contributed by atoms with Gasteiger partial charge in [0, 0.05) is 13.1 Å². The summed E-state index contributed by atoms with van der Waals surface area (Å²) in [6.07, 6.45) is 0.315. The van der Waals surface area contributed by atoms with Crippen LogP contribution < -0.4 is 0 Å². The van der Waals surface area contributed by atoms with Gasteiger partial charge >= 0.3 is 0 Å². The average Bonchev–Trinajstić information content (AvgIpc) is 2.86. The molecule has 0 spiro atoms. The standard InChI is InChI=1S/C15H22N2O2/c1-3-16(2)14(12-7-5-4-6-8-12)15(19)17-10-9-13(18)11-17/h4-8,13-14,18H,3,9-11H2,1-2H3/t13-,14?/m0/s1. The fraction of sp³-hybridized carbons (Fsp3) is 0.533. The number of hydrogen-bond donors (Lipinski definition) is 1. The van der Waals surface area contributed by atoms with E-state index in [1.54, 1.807) is 4.90 Å². The first-order valence-corrected chi connectivity index (χ1v) is 6.85. The first-order chi connectivity index (χ1) is 9.13. The third kappa shape index (κ3) is 3.14. The lowest BCUT2D eigenvalue weighted by Gasteiger charge is -2.30. The first kappa shape index (κ1) is 14.0. The molecule has 19 heavy (non-hydrogen) atoms. The summed E-state index contributed by atoms with van der Waals surface area (Å²) in [7, 11) is 1.96. The maximum atomic E-state index is 12.7. The number of β-amino-alcohol motifs (C(OH)–C–C–N with tert-alkyl or cyclic N) is 1. The summed E-state index contributed by atoms with van der Waals surface area (Å²) < 4.78 is 0. The largest absolute Gasteiger partial charge is 0.391 e. The van der Waals surface area contributed by atoms with E-state index in [1.807, 2.05) is 49.2 Å². The Labute approximate surface area is 114 Å². The minimum atomic E-state index is -0.368.